The second-order valence-corrected chi connectivity index (χ2v) is 6.16. The number of hydrogen-bond acceptors (Lipinski definition) is 3. The van der Waals surface area contributed by atoms with Crippen molar-refractivity contribution in [1.82, 2.24) is 0 Å². The van der Waals surface area contributed by atoms with Gasteiger partial charge in [0.2, 0.25) is 0 Å². The summed E-state index contributed by atoms with van der Waals surface area (Å²) in [5.74, 6) is 3.04. The molecule has 0 bridgehead atoms. The zero-order valence-corrected chi connectivity index (χ0v) is 15.8. The standard InChI is InChI=1S/C20H12N2S.Ir/c1-2-6-14(7-3-1)15-10-11-16-17-8-4-5-9-19(17)22-13-23-21-20(22)18(16)12-15;/h1-8,10-13H;/q-2;. The van der Waals surface area contributed by atoms with Crippen molar-refractivity contribution >= 4 is 23.5 Å². The number of benzene rings is 3. The van der Waals surface area contributed by atoms with Gasteiger partial charge in [-0.3, -0.25) is 0 Å². The summed E-state index contributed by atoms with van der Waals surface area (Å²) in [7, 11) is 0. The molecule has 0 aromatic heterocycles. The van der Waals surface area contributed by atoms with E-state index < -0.39 is 0 Å². The van der Waals surface area contributed by atoms with Crippen LogP contribution >= 0.6 is 11.9 Å². The topological polar surface area (TPSA) is 15.6 Å². The molecule has 0 amide bonds. The fraction of sp³-hybridized carbons (Fsp3) is 0. The van der Waals surface area contributed by atoms with Crippen LogP contribution in [-0.2, 0) is 20.1 Å². The van der Waals surface area contributed by atoms with E-state index in [9.17, 15) is 0 Å². The second-order valence-electron chi connectivity index (χ2n) is 5.55. The Labute approximate surface area is 159 Å². The van der Waals surface area contributed by atoms with E-state index in [1.807, 2.05) is 24.1 Å². The minimum Gasteiger partial charge on any atom is -0.486 e. The summed E-state index contributed by atoms with van der Waals surface area (Å²) in [6, 6.07) is 26.6. The normalized spacial score (nSPS) is 14.2. The maximum absolute atomic E-state index is 4.62. The Morgan fingerprint density at radius 3 is 2.62 bits per heavy atom. The molecule has 0 saturated heterocycles. The first-order valence-electron chi connectivity index (χ1n) is 7.49. The summed E-state index contributed by atoms with van der Waals surface area (Å²) in [4.78, 5) is 2.14. The zero-order valence-electron chi connectivity index (χ0n) is 12.6. The first-order valence-corrected chi connectivity index (χ1v) is 8.33. The van der Waals surface area contributed by atoms with E-state index in [4.69, 9.17) is 0 Å². The molecule has 4 heteroatoms. The number of anilines is 1. The van der Waals surface area contributed by atoms with Crippen LogP contribution in [0.3, 0.4) is 0 Å². The maximum atomic E-state index is 4.62. The van der Waals surface area contributed by atoms with Crippen molar-refractivity contribution in [3.63, 3.8) is 0 Å². The molecule has 2 aliphatic heterocycles. The van der Waals surface area contributed by atoms with Gasteiger partial charge in [0.25, 0.3) is 0 Å². The molecule has 0 N–H and O–H groups in total. The fourth-order valence-corrected chi connectivity index (χ4v) is 3.80. The molecule has 1 radical (unpaired) electrons. The molecular weight excluding hydrogens is 493 g/mol. The van der Waals surface area contributed by atoms with Crippen LogP contribution < -0.4 is 4.90 Å². The fourth-order valence-electron chi connectivity index (χ4n) is 3.17. The molecule has 5 rings (SSSR count). The average molecular weight is 505 g/mol. The Kier molecular flexibility index (Phi) is 4.05. The van der Waals surface area contributed by atoms with Crippen molar-refractivity contribution < 1.29 is 20.1 Å². The number of nitrogens with zero attached hydrogens (tertiary/aromatic N) is 2. The Morgan fingerprint density at radius 2 is 1.75 bits per heavy atom. The van der Waals surface area contributed by atoms with Crippen LogP contribution in [0.2, 0.25) is 0 Å². The van der Waals surface area contributed by atoms with Crippen LogP contribution in [0.15, 0.2) is 71.1 Å². The van der Waals surface area contributed by atoms with Crippen LogP contribution in [0, 0.1) is 11.9 Å². The van der Waals surface area contributed by atoms with Gasteiger partial charge < -0.3 is 4.90 Å². The molecule has 0 aliphatic carbocycles. The third-order valence-electron chi connectivity index (χ3n) is 4.25. The monoisotopic (exact) mass is 505 g/mol. The average Bonchev–Trinajstić information content (AvgIpc) is 3.12. The van der Waals surface area contributed by atoms with E-state index in [1.165, 1.54) is 39.8 Å². The van der Waals surface area contributed by atoms with Gasteiger partial charge in [0, 0.05) is 25.7 Å². The van der Waals surface area contributed by atoms with Crippen LogP contribution in [0.4, 0.5) is 5.69 Å². The number of para-hydroxylation sites is 1. The smallest absolute Gasteiger partial charge is 0.114 e. The SMILES string of the molecule is [Ir].[c-]1cccc2c1N1[CH-]SN=C1c1cc(-c3ccccc3)ccc1-2. The van der Waals surface area contributed by atoms with E-state index in [1.54, 1.807) is 0 Å². The van der Waals surface area contributed by atoms with Gasteiger partial charge in [-0.2, -0.15) is 42.1 Å². The molecule has 0 spiro atoms. The van der Waals surface area contributed by atoms with Crippen LogP contribution in [-0.4, -0.2) is 5.84 Å². The van der Waals surface area contributed by atoms with Crippen molar-refractivity contribution in [2.24, 2.45) is 4.40 Å². The molecule has 0 atom stereocenters. The predicted molar refractivity (Wildman–Crippen MR) is 97.1 cm³/mol. The minimum atomic E-state index is 0. The number of rotatable bonds is 1. The van der Waals surface area contributed by atoms with Gasteiger partial charge in [0.1, 0.15) is 5.84 Å². The third-order valence-corrected chi connectivity index (χ3v) is 4.84. The van der Waals surface area contributed by atoms with E-state index >= 15 is 0 Å². The van der Waals surface area contributed by atoms with Crippen molar-refractivity contribution in [3.8, 4) is 22.3 Å². The van der Waals surface area contributed by atoms with Crippen molar-refractivity contribution in [2.75, 3.05) is 4.90 Å². The third kappa shape index (κ3) is 2.34. The molecule has 3 aromatic carbocycles. The molecule has 119 valence electrons. The van der Waals surface area contributed by atoms with E-state index in [2.05, 4.69) is 63.9 Å². The molecule has 2 heterocycles. The van der Waals surface area contributed by atoms with Gasteiger partial charge in [-0.1, -0.05) is 53.7 Å². The largest absolute Gasteiger partial charge is 0.486 e. The Morgan fingerprint density at radius 1 is 0.875 bits per heavy atom. The first-order chi connectivity index (χ1) is 11.4. The molecular formula is C20H12IrN2S-2. The number of fused-ring (bicyclic) bond motifs is 6. The zero-order chi connectivity index (χ0) is 15.2. The van der Waals surface area contributed by atoms with Crippen molar-refractivity contribution in [2.45, 2.75) is 0 Å². The summed E-state index contributed by atoms with van der Waals surface area (Å²) >= 11 is 1.48. The number of hydrogen-bond donors (Lipinski definition) is 0. The van der Waals surface area contributed by atoms with Crippen molar-refractivity contribution in [1.29, 1.82) is 0 Å². The Hall–Kier alpha value is -1.87. The van der Waals surface area contributed by atoms with Crippen LogP contribution in [0.25, 0.3) is 22.3 Å². The molecule has 2 aliphatic rings. The quantitative estimate of drug-likeness (QED) is 0.336. The van der Waals surface area contributed by atoms with E-state index in [-0.39, 0.29) is 20.1 Å². The second kappa shape index (κ2) is 6.21. The summed E-state index contributed by atoms with van der Waals surface area (Å²) in [6.45, 7) is 0. The molecule has 3 aromatic rings. The van der Waals surface area contributed by atoms with Gasteiger partial charge in [0.15, 0.2) is 0 Å². The first kappa shape index (κ1) is 15.6. The Bertz CT molecular complexity index is 937. The van der Waals surface area contributed by atoms with Gasteiger partial charge in [-0.15, -0.1) is 5.56 Å². The summed E-state index contributed by atoms with van der Waals surface area (Å²) in [5.41, 5.74) is 7.13. The van der Waals surface area contributed by atoms with Gasteiger partial charge in [-0.05, 0) is 17.2 Å². The molecule has 2 nitrogen and oxygen atoms in total. The predicted octanol–water partition coefficient (Wildman–Crippen LogP) is 5.17. The minimum absolute atomic E-state index is 0. The maximum Gasteiger partial charge on any atom is 0.114 e. The molecule has 0 fully saturated rings. The number of amidine groups is 1. The molecule has 24 heavy (non-hydrogen) atoms. The van der Waals surface area contributed by atoms with Gasteiger partial charge in [0.05, 0.1) is 0 Å². The van der Waals surface area contributed by atoms with Crippen LogP contribution in [0.5, 0.6) is 0 Å². The van der Waals surface area contributed by atoms with Crippen molar-refractivity contribution in [3.05, 3.63) is 84.2 Å². The Balaban J connectivity index is 0.00000146. The summed E-state index contributed by atoms with van der Waals surface area (Å²) in [5, 5.41) is 0. The van der Waals surface area contributed by atoms with Crippen LogP contribution in [0.1, 0.15) is 5.56 Å². The van der Waals surface area contributed by atoms with Gasteiger partial charge >= 0.3 is 0 Å². The molecule has 0 saturated carbocycles. The summed E-state index contributed by atoms with van der Waals surface area (Å²) in [6.07, 6.45) is 0. The van der Waals surface area contributed by atoms with Gasteiger partial charge in [-0.25, -0.2) is 4.40 Å². The van der Waals surface area contributed by atoms with E-state index in [0.29, 0.717) is 0 Å². The van der Waals surface area contributed by atoms with E-state index in [0.717, 1.165) is 11.5 Å². The molecule has 0 unspecified atom stereocenters. The summed E-state index contributed by atoms with van der Waals surface area (Å²) < 4.78 is 4.62.